The van der Waals surface area contributed by atoms with Gasteiger partial charge in [-0.05, 0) is 38.3 Å². The summed E-state index contributed by atoms with van der Waals surface area (Å²) < 4.78 is 16.7. The van der Waals surface area contributed by atoms with E-state index in [1.165, 1.54) is 0 Å². The molecule has 3 rings (SSSR count). The molecule has 0 aliphatic carbocycles. The van der Waals surface area contributed by atoms with E-state index in [4.69, 9.17) is 14.0 Å². The molecule has 0 spiro atoms. The van der Waals surface area contributed by atoms with Crippen LogP contribution in [0.4, 0.5) is 0 Å². The lowest BCUT2D eigenvalue weighted by Crippen LogP contribution is -2.20. The van der Waals surface area contributed by atoms with Crippen LogP contribution in [0.2, 0.25) is 0 Å². The molecule has 0 amide bonds. The Morgan fingerprint density at radius 1 is 1.35 bits per heavy atom. The Bertz CT molecular complexity index is 588. The van der Waals surface area contributed by atoms with Crippen LogP contribution in [0.5, 0.6) is 5.75 Å². The van der Waals surface area contributed by atoms with E-state index < -0.39 is 5.60 Å². The molecule has 1 aromatic heterocycles. The fraction of sp³-hybridized carbons (Fsp3) is 0.467. The smallest absolute Gasteiger partial charge is 0.258 e. The van der Waals surface area contributed by atoms with E-state index in [0.29, 0.717) is 18.3 Å². The molecule has 5 heteroatoms. The number of nitrogens with zero attached hydrogens (tertiary/aromatic N) is 2. The summed E-state index contributed by atoms with van der Waals surface area (Å²) in [6.07, 6.45) is 1.93. The van der Waals surface area contributed by atoms with Crippen LogP contribution < -0.4 is 4.74 Å². The van der Waals surface area contributed by atoms with Gasteiger partial charge < -0.3 is 14.0 Å². The lowest BCUT2D eigenvalue weighted by Gasteiger charge is -2.16. The highest BCUT2D eigenvalue weighted by molar-refractivity contribution is 5.31. The lowest BCUT2D eigenvalue weighted by molar-refractivity contribution is -0.00937. The molecule has 1 aromatic carbocycles. The van der Waals surface area contributed by atoms with E-state index in [-0.39, 0.29) is 0 Å². The predicted molar refractivity (Wildman–Crippen MR) is 72.3 cm³/mol. The average molecular weight is 274 g/mol. The van der Waals surface area contributed by atoms with Crippen LogP contribution in [-0.2, 0) is 16.9 Å². The second-order valence-electron chi connectivity index (χ2n) is 5.25. The maximum atomic E-state index is 5.71. The van der Waals surface area contributed by atoms with Crippen molar-refractivity contribution in [2.45, 2.75) is 38.9 Å². The normalized spacial score (nSPS) is 22.1. The van der Waals surface area contributed by atoms with Crippen molar-refractivity contribution in [1.82, 2.24) is 10.1 Å². The van der Waals surface area contributed by atoms with Gasteiger partial charge in [-0.3, -0.25) is 0 Å². The largest absolute Gasteiger partial charge is 0.485 e. The fourth-order valence-electron chi connectivity index (χ4n) is 2.34. The zero-order valence-electron chi connectivity index (χ0n) is 11.8. The van der Waals surface area contributed by atoms with Crippen LogP contribution in [0, 0.1) is 6.92 Å². The molecular formula is C15H18N2O3. The van der Waals surface area contributed by atoms with Crippen LogP contribution in [0.25, 0.3) is 0 Å². The average Bonchev–Trinajstić information content (AvgIpc) is 3.08. The van der Waals surface area contributed by atoms with Gasteiger partial charge in [0.1, 0.15) is 11.4 Å². The van der Waals surface area contributed by atoms with E-state index in [2.05, 4.69) is 10.1 Å². The van der Waals surface area contributed by atoms with Crippen molar-refractivity contribution in [2.24, 2.45) is 0 Å². The molecule has 2 aromatic rings. The second kappa shape index (κ2) is 5.25. The Morgan fingerprint density at radius 3 is 2.95 bits per heavy atom. The minimum absolute atomic E-state index is 0.296. The summed E-state index contributed by atoms with van der Waals surface area (Å²) >= 11 is 0. The third kappa shape index (κ3) is 2.54. The van der Waals surface area contributed by atoms with Gasteiger partial charge in [0.15, 0.2) is 6.61 Å². The first-order chi connectivity index (χ1) is 9.67. The number of benzene rings is 1. The summed E-state index contributed by atoms with van der Waals surface area (Å²) in [4.78, 5) is 4.38. The first-order valence-corrected chi connectivity index (χ1v) is 6.83. The maximum absolute atomic E-state index is 5.71. The van der Waals surface area contributed by atoms with E-state index in [1.807, 2.05) is 38.1 Å². The van der Waals surface area contributed by atoms with Gasteiger partial charge in [-0.25, -0.2) is 0 Å². The van der Waals surface area contributed by atoms with Gasteiger partial charge >= 0.3 is 0 Å². The first-order valence-electron chi connectivity index (χ1n) is 6.83. The molecule has 1 unspecified atom stereocenters. The van der Waals surface area contributed by atoms with E-state index in [1.54, 1.807) is 0 Å². The molecule has 106 valence electrons. The molecule has 5 nitrogen and oxygen atoms in total. The summed E-state index contributed by atoms with van der Waals surface area (Å²) in [6, 6.07) is 7.85. The highest BCUT2D eigenvalue weighted by atomic mass is 16.5. The molecule has 1 aliphatic heterocycles. The Kier molecular flexibility index (Phi) is 3.44. The van der Waals surface area contributed by atoms with Crippen molar-refractivity contribution in [3.8, 4) is 5.75 Å². The third-order valence-corrected chi connectivity index (χ3v) is 3.59. The highest BCUT2D eigenvalue weighted by Crippen LogP contribution is 2.34. The molecular weight excluding hydrogens is 256 g/mol. The van der Waals surface area contributed by atoms with Gasteiger partial charge in [0.2, 0.25) is 5.82 Å². The highest BCUT2D eigenvalue weighted by Gasteiger charge is 2.37. The molecule has 0 saturated carbocycles. The fourth-order valence-corrected chi connectivity index (χ4v) is 2.34. The van der Waals surface area contributed by atoms with Crippen molar-refractivity contribution in [3.63, 3.8) is 0 Å². The first kappa shape index (κ1) is 13.1. The minimum Gasteiger partial charge on any atom is -0.485 e. The van der Waals surface area contributed by atoms with Crippen LogP contribution in [0.3, 0.4) is 0 Å². The summed E-state index contributed by atoms with van der Waals surface area (Å²) in [5.74, 6) is 1.92. The lowest BCUT2D eigenvalue weighted by atomic mass is 10.0. The van der Waals surface area contributed by atoms with Gasteiger partial charge in [-0.1, -0.05) is 23.4 Å². The van der Waals surface area contributed by atoms with Crippen molar-refractivity contribution in [1.29, 1.82) is 0 Å². The molecule has 2 heterocycles. The molecule has 1 saturated heterocycles. The number of aryl methyl sites for hydroxylation is 1. The molecule has 0 N–H and O–H groups in total. The number of para-hydroxylation sites is 1. The Morgan fingerprint density at radius 2 is 2.20 bits per heavy atom. The Labute approximate surface area is 117 Å². The van der Waals surface area contributed by atoms with Crippen molar-refractivity contribution >= 4 is 0 Å². The zero-order valence-corrected chi connectivity index (χ0v) is 11.8. The van der Waals surface area contributed by atoms with E-state index in [9.17, 15) is 0 Å². The predicted octanol–water partition coefficient (Wildman–Crippen LogP) is 2.98. The number of rotatable bonds is 4. The van der Waals surface area contributed by atoms with Crippen molar-refractivity contribution in [2.75, 3.05) is 6.61 Å². The van der Waals surface area contributed by atoms with Crippen LogP contribution in [0.15, 0.2) is 28.8 Å². The van der Waals surface area contributed by atoms with Crippen LogP contribution in [-0.4, -0.2) is 16.7 Å². The number of aromatic nitrogens is 2. The van der Waals surface area contributed by atoms with Gasteiger partial charge in [0.25, 0.3) is 5.89 Å². The molecule has 0 bridgehead atoms. The Balaban J connectivity index is 1.67. The number of hydrogen-bond acceptors (Lipinski definition) is 5. The number of ether oxygens (including phenoxy) is 2. The zero-order chi connectivity index (χ0) is 14.0. The van der Waals surface area contributed by atoms with Crippen LogP contribution in [0.1, 0.15) is 37.0 Å². The van der Waals surface area contributed by atoms with Gasteiger partial charge in [0.05, 0.1) is 0 Å². The van der Waals surface area contributed by atoms with Crippen molar-refractivity contribution in [3.05, 3.63) is 41.5 Å². The molecule has 0 radical (unpaired) electrons. The summed E-state index contributed by atoms with van der Waals surface area (Å²) in [6.45, 7) is 5.03. The summed E-state index contributed by atoms with van der Waals surface area (Å²) in [5.41, 5.74) is 0.649. The second-order valence-corrected chi connectivity index (χ2v) is 5.25. The molecule has 1 atom stereocenters. The quantitative estimate of drug-likeness (QED) is 0.857. The molecule has 1 aliphatic rings. The standard InChI is InChI=1S/C15H18N2O3/c1-11-6-3-4-7-12(11)18-10-13-16-14(20-17-13)15(2)8-5-9-19-15/h3-4,6-7H,5,8-10H2,1-2H3. The number of hydrogen-bond donors (Lipinski definition) is 0. The van der Waals surface area contributed by atoms with E-state index in [0.717, 1.165) is 30.8 Å². The summed E-state index contributed by atoms with van der Waals surface area (Å²) in [5, 5.41) is 3.96. The van der Waals surface area contributed by atoms with Gasteiger partial charge in [-0.2, -0.15) is 4.98 Å². The minimum atomic E-state index is -0.437. The van der Waals surface area contributed by atoms with Gasteiger partial charge in [-0.15, -0.1) is 0 Å². The van der Waals surface area contributed by atoms with E-state index >= 15 is 0 Å². The Hall–Kier alpha value is -1.88. The van der Waals surface area contributed by atoms with Crippen molar-refractivity contribution < 1.29 is 14.0 Å². The maximum Gasteiger partial charge on any atom is 0.258 e. The summed E-state index contributed by atoms with van der Waals surface area (Å²) in [7, 11) is 0. The molecule has 1 fully saturated rings. The molecule has 20 heavy (non-hydrogen) atoms. The third-order valence-electron chi connectivity index (χ3n) is 3.59. The monoisotopic (exact) mass is 274 g/mol. The van der Waals surface area contributed by atoms with Gasteiger partial charge in [0, 0.05) is 6.61 Å². The SMILES string of the molecule is Cc1ccccc1OCc1noc(C2(C)CCCO2)n1. The van der Waals surface area contributed by atoms with Crippen LogP contribution >= 0.6 is 0 Å². The topological polar surface area (TPSA) is 57.4 Å².